The summed E-state index contributed by atoms with van der Waals surface area (Å²) in [6.45, 7) is 2.14. The van der Waals surface area contributed by atoms with E-state index >= 15 is 0 Å². The Morgan fingerprint density at radius 3 is 2.50 bits per heavy atom. The van der Waals surface area contributed by atoms with Crippen molar-refractivity contribution in [3.63, 3.8) is 0 Å². The van der Waals surface area contributed by atoms with Crippen LogP contribution in [0.2, 0.25) is 0 Å². The molecule has 8 heteroatoms. The fourth-order valence-electron chi connectivity index (χ4n) is 2.63. The van der Waals surface area contributed by atoms with E-state index in [9.17, 15) is 22.8 Å². The van der Waals surface area contributed by atoms with Gasteiger partial charge in [0, 0.05) is 19.4 Å². The molecule has 2 atom stereocenters. The number of cyclic esters (lactones) is 1. The van der Waals surface area contributed by atoms with Gasteiger partial charge < -0.3 is 15.4 Å². The van der Waals surface area contributed by atoms with Gasteiger partial charge in [-0.3, -0.25) is 4.79 Å². The van der Waals surface area contributed by atoms with Gasteiger partial charge in [0.25, 0.3) is 0 Å². The fourth-order valence-corrected chi connectivity index (χ4v) is 2.63. The highest BCUT2D eigenvalue weighted by Crippen LogP contribution is 2.31. The number of halogens is 3. The van der Waals surface area contributed by atoms with Crippen molar-refractivity contribution in [2.75, 3.05) is 6.54 Å². The second kappa shape index (κ2) is 7.11. The molecular weight excluding hydrogens is 325 g/mol. The molecule has 24 heavy (non-hydrogen) atoms. The van der Waals surface area contributed by atoms with Crippen LogP contribution in [0.5, 0.6) is 0 Å². The number of carbonyl (C=O) groups excluding carboxylic acids is 2. The average molecular weight is 344 g/mol. The van der Waals surface area contributed by atoms with Crippen LogP contribution in [0.1, 0.15) is 43.4 Å². The first kappa shape index (κ1) is 18.1. The molecule has 2 rings (SSSR count). The summed E-state index contributed by atoms with van der Waals surface area (Å²) in [7, 11) is 0. The van der Waals surface area contributed by atoms with Gasteiger partial charge in [-0.1, -0.05) is 12.1 Å². The lowest BCUT2D eigenvalue weighted by atomic mass is 10.0. The van der Waals surface area contributed by atoms with Gasteiger partial charge in [-0.25, -0.2) is 4.79 Å². The summed E-state index contributed by atoms with van der Waals surface area (Å²) in [4.78, 5) is 24.3. The lowest BCUT2D eigenvalue weighted by Crippen LogP contribution is -2.43. The number of alkyl halides is 3. The maximum Gasteiger partial charge on any atom is 0.416 e. The number of hydrogen-bond donors (Lipinski definition) is 1. The Labute approximate surface area is 137 Å². The van der Waals surface area contributed by atoms with E-state index in [4.69, 9.17) is 10.5 Å². The Balaban J connectivity index is 1.99. The molecule has 132 valence electrons. The first-order valence-electron chi connectivity index (χ1n) is 7.61. The zero-order valence-corrected chi connectivity index (χ0v) is 13.2. The Bertz CT molecular complexity index is 602. The highest BCUT2D eigenvalue weighted by atomic mass is 19.4. The number of nitrogens with two attached hydrogens (primary N) is 1. The van der Waals surface area contributed by atoms with Gasteiger partial charge in [-0.2, -0.15) is 13.2 Å². The molecule has 1 fully saturated rings. The van der Waals surface area contributed by atoms with Crippen LogP contribution >= 0.6 is 0 Å². The highest BCUT2D eigenvalue weighted by Gasteiger charge is 2.33. The predicted molar refractivity (Wildman–Crippen MR) is 79.9 cm³/mol. The van der Waals surface area contributed by atoms with E-state index in [1.807, 2.05) is 0 Å². The van der Waals surface area contributed by atoms with Crippen molar-refractivity contribution in [1.29, 1.82) is 0 Å². The fraction of sp³-hybridized carbons (Fsp3) is 0.500. The first-order chi connectivity index (χ1) is 11.2. The van der Waals surface area contributed by atoms with Crippen molar-refractivity contribution in [3.05, 3.63) is 35.4 Å². The van der Waals surface area contributed by atoms with Crippen molar-refractivity contribution in [2.24, 2.45) is 5.73 Å². The smallest absolute Gasteiger partial charge is 0.416 e. The van der Waals surface area contributed by atoms with Crippen molar-refractivity contribution < 1.29 is 27.5 Å². The van der Waals surface area contributed by atoms with Crippen molar-refractivity contribution >= 4 is 12.0 Å². The minimum atomic E-state index is -4.39. The van der Waals surface area contributed by atoms with Crippen LogP contribution in [0.3, 0.4) is 0 Å². The first-order valence-corrected chi connectivity index (χ1v) is 7.61. The lowest BCUT2D eigenvalue weighted by Gasteiger charge is -2.35. The molecule has 1 heterocycles. The van der Waals surface area contributed by atoms with Crippen LogP contribution in [0.4, 0.5) is 18.0 Å². The number of hydrogen-bond acceptors (Lipinski definition) is 3. The summed E-state index contributed by atoms with van der Waals surface area (Å²) in [6.07, 6.45) is -4.22. The standard InChI is InChI=1S/C16H19F3N2O3/c1-10(11-2-4-12(5-3-11)16(17,18)19)21-9-8-13(24-15(21)23)6-7-14(20)22/h2-5,10,13H,6-9H2,1H3,(H2,20,22). The molecule has 1 aliphatic heterocycles. The quantitative estimate of drug-likeness (QED) is 0.891. The molecule has 2 amide bonds. The Morgan fingerprint density at radius 1 is 1.38 bits per heavy atom. The Hall–Kier alpha value is -2.25. The minimum absolute atomic E-state index is 0.145. The molecule has 1 aromatic carbocycles. The number of primary amides is 1. The molecule has 1 aromatic rings. The molecule has 0 aromatic heterocycles. The zero-order chi connectivity index (χ0) is 17.9. The van der Waals surface area contributed by atoms with Gasteiger partial charge >= 0.3 is 12.3 Å². The van der Waals surface area contributed by atoms with Crippen LogP contribution in [-0.4, -0.2) is 29.5 Å². The Morgan fingerprint density at radius 2 is 2.00 bits per heavy atom. The molecule has 1 saturated heterocycles. The molecule has 0 bridgehead atoms. The van der Waals surface area contributed by atoms with Crippen molar-refractivity contribution in [1.82, 2.24) is 4.90 Å². The SMILES string of the molecule is CC(c1ccc(C(F)(F)F)cc1)N1CCC(CCC(N)=O)OC1=O. The average Bonchev–Trinajstić information content (AvgIpc) is 2.51. The molecule has 2 unspecified atom stereocenters. The molecule has 0 aliphatic carbocycles. The maximum atomic E-state index is 12.6. The van der Waals surface area contributed by atoms with Crippen LogP contribution in [0, 0.1) is 0 Å². The van der Waals surface area contributed by atoms with E-state index < -0.39 is 29.8 Å². The zero-order valence-electron chi connectivity index (χ0n) is 13.2. The molecule has 2 N–H and O–H groups in total. The number of carbonyl (C=O) groups is 2. The van der Waals surface area contributed by atoms with Gasteiger partial charge in [-0.05, 0) is 31.0 Å². The molecule has 0 saturated carbocycles. The summed E-state index contributed by atoms with van der Waals surface area (Å²) in [5.41, 5.74) is 4.93. The number of rotatable bonds is 5. The van der Waals surface area contributed by atoms with Crippen molar-refractivity contribution in [2.45, 2.75) is 44.5 Å². The second-order valence-electron chi connectivity index (χ2n) is 5.79. The van der Waals surface area contributed by atoms with Gasteiger partial charge in [0.15, 0.2) is 0 Å². The minimum Gasteiger partial charge on any atom is -0.446 e. The second-order valence-corrected chi connectivity index (χ2v) is 5.79. The van der Waals surface area contributed by atoms with Gasteiger partial charge in [-0.15, -0.1) is 0 Å². The molecule has 0 spiro atoms. The third-order valence-corrected chi connectivity index (χ3v) is 4.09. The number of benzene rings is 1. The number of ether oxygens (including phenoxy) is 1. The highest BCUT2D eigenvalue weighted by molar-refractivity contribution is 5.74. The summed E-state index contributed by atoms with van der Waals surface area (Å²) >= 11 is 0. The summed E-state index contributed by atoms with van der Waals surface area (Å²) in [5.74, 6) is -0.452. The van der Waals surface area contributed by atoms with Crippen LogP contribution in [-0.2, 0) is 15.7 Å². The van der Waals surface area contributed by atoms with Crippen LogP contribution < -0.4 is 5.73 Å². The third kappa shape index (κ3) is 4.39. The van der Waals surface area contributed by atoms with E-state index in [2.05, 4.69) is 0 Å². The topological polar surface area (TPSA) is 72.6 Å². The van der Waals surface area contributed by atoms with E-state index in [1.165, 1.54) is 17.0 Å². The van der Waals surface area contributed by atoms with E-state index in [-0.39, 0.29) is 12.5 Å². The summed E-state index contributed by atoms with van der Waals surface area (Å²) in [6, 6.07) is 4.31. The number of amides is 2. The summed E-state index contributed by atoms with van der Waals surface area (Å²) < 4.78 is 43.0. The normalized spacial score (nSPS) is 19.8. The van der Waals surface area contributed by atoms with E-state index in [1.54, 1.807) is 6.92 Å². The molecule has 1 aliphatic rings. The molecule has 0 radical (unpaired) electrons. The van der Waals surface area contributed by atoms with E-state index in [0.717, 1.165) is 12.1 Å². The maximum absolute atomic E-state index is 12.6. The van der Waals surface area contributed by atoms with Gasteiger partial charge in [0.2, 0.25) is 5.91 Å². The number of nitrogens with zero attached hydrogens (tertiary/aromatic N) is 1. The Kier molecular flexibility index (Phi) is 5.36. The van der Waals surface area contributed by atoms with Gasteiger partial charge in [0.05, 0.1) is 11.6 Å². The molecule has 5 nitrogen and oxygen atoms in total. The monoisotopic (exact) mass is 344 g/mol. The third-order valence-electron chi connectivity index (χ3n) is 4.09. The lowest BCUT2D eigenvalue weighted by molar-refractivity contribution is -0.137. The largest absolute Gasteiger partial charge is 0.446 e. The van der Waals surface area contributed by atoms with Crippen LogP contribution in [0.15, 0.2) is 24.3 Å². The molecular formula is C16H19F3N2O3. The van der Waals surface area contributed by atoms with Crippen molar-refractivity contribution in [3.8, 4) is 0 Å². The van der Waals surface area contributed by atoms with Crippen LogP contribution in [0.25, 0.3) is 0 Å². The van der Waals surface area contributed by atoms with E-state index in [0.29, 0.717) is 24.9 Å². The predicted octanol–water partition coefficient (Wildman–Crippen LogP) is 3.24. The van der Waals surface area contributed by atoms with Gasteiger partial charge in [0.1, 0.15) is 6.10 Å². The summed E-state index contributed by atoms with van der Waals surface area (Å²) in [5, 5.41) is 0.